The van der Waals surface area contributed by atoms with E-state index in [0.717, 1.165) is 17.1 Å². The molecule has 1 aliphatic heterocycles. The van der Waals surface area contributed by atoms with Crippen LogP contribution in [-0.2, 0) is 5.88 Å². The highest BCUT2D eigenvalue weighted by molar-refractivity contribution is 6.32. The quantitative estimate of drug-likeness (QED) is 0.696. The zero-order valence-electron chi connectivity index (χ0n) is 10.3. The van der Waals surface area contributed by atoms with Gasteiger partial charge in [-0.2, -0.15) is 0 Å². The lowest BCUT2D eigenvalue weighted by atomic mass is 10.1. The normalized spacial score (nSPS) is 21.4. The van der Waals surface area contributed by atoms with E-state index >= 15 is 0 Å². The minimum Gasteiger partial charge on any atom is -0.369 e. The van der Waals surface area contributed by atoms with Crippen LogP contribution in [0, 0.1) is 0 Å². The summed E-state index contributed by atoms with van der Waals surface area (Å²) >= 11 is 12.3. The number of alkyl halides is 1. The molecular formula is C14H19Cl2N. The highest BCUT2D eigenvalue weighted by Crippen LogP contribution is 2.32. The summed E-state index contributed by atoms with van der Waals surface area (Å²) in [5.41, 5.74) is 2.30. The van der Waals surface area contributed by atoms with Gasteiger partial charge in [-0.1, -0.05) is 30.5 Å². The molecule has 17 heavy (non-hydrogen) atoms. The monoisotopic (exact) mass is 271 g/mol. The fraction of sp³-hybridized carbons (Fsp3) is 0.571. The van der Waals surface area contributed by atoms with Crippen LogP contribution in [-0.4, -0.2) is 12.6 Å². The Balaban J connectivity index is 2.34. The summed E-state index contributed by atoms with van der Waals surface area (Å²) in [6.07, 6.45) is 5.18. The summed E-state index contributed by atoms with van der Waals surface area (Å²) in [7, 11) is 0. The van der Waals surface area contributed by atoms with Crippen molar-refractivity contribution in [3.05, 3.63) is 28.8 Å². The van der Waals surface area contributed by atoms with E-state index in [2.05, 4.69) is 17.9 Å². The van der Waals surface area contributed by atoms with Gasteiger partial charge in [0.1, 0.15) is 0 Å². The predicted octanol–water partition coefficient (Wildman–Crippen LogP) is 4.85. The van der Waals surface area contributed by atoms with Crippen molar-refractivity contribution in [1.82, 2.24) is 0 Å². The third-order valence-corrected chi connectivity index (χ3v) is 4.21. The molecule has 1 fully saturated rings. The number of hydrogen-bond donors (Lipinski definition) is 0. The number of anilines is 1. The van der Waals surface area contributed by atoms with Crippen LogP contribution in [0.1, 0.15) is 38.2 Å². The molecule has 1 atom stereocenters. The maximum absolute atomic E-state index is 6.23. The van der Waals surface area contributed by atoms with Crippen LogP contribution in [0.25, 0.3) is 0 Å². The molecule has 1 heterocycles. The molecule has 0 aliphatic carbocycles. The van der Waals surface area contributed by atoms with Crippen LogP contribution >= 0.6 is 23.2 Å². The molecule has 3 heteroatoms. The van der Waals surface area contributed by atoms with Gasteiger partial charge in [0.15, 0.2) is 0 Å². The van der Waals surface area contributed by atoms with Gasteiger partial charge in [-0.05, 0) is 31.9 Å². The van der Waals surface area contributed by atoms with E-state index in [9.17, 15) is 0 Å². The molecule has 1 aromatic rings. The lowest BCUT2D eigenvalue weighted by Crippen LogP contribution is -2.33. The van der Waals surface area contributed by atoms with Crippen molar-refractivity contribution in [3.63, 3.8) is 0 Å². The molecular weight excluding hydrogens is 253 g/mol. The fourth-order valence-electron chi connectivity index (χ4n) is 2.58. The first-order valence-corrected chi connectivity index (χ1v) is 7.25. The number of benzene rings is 1. The zero-order chi connectivity index (χ0) is 12.3. The van der Waals surface area contributed by atoms with E-state index in [0.29, 0.717) is 11.9 Å². The van der Waals surface area contributed by atoms with Gasteiger partial charge in [-0.3, -0.25) is 0 Å². The molecule has 0 spiro atoms. The average Bonchev–Trinajstić information content (AvgIpc) is 2.53. The molecule has 1 aliphatic rings. The van der Waals surface area contributed by atoms with Crippen LogP contribution in [0.5, 0.6) is 0 Å². The van der Waals surface area contributed by atoms with E-state index in [4.69, 9.17) is 23.2 Å². The first-order chi connectivity index (χ1) is 8.24. The summed E-state index contributed by atoms with van der Waals surface area (Å²) in [5.74, 6) is 0.484. The van der Waals surface area contributed by atoms with Crippen molar-refractivity contribution in [2.45, 2.75) is 44.5 Å². The highest BCUT2D eigenvalue weighted by Gasteiger charge is 2.20. The smallest absolute Gasteiger partial charge is 0.0509 e. The van der Waals surface area contributed by atoms with Crippen LogP contribution < -0.4 is 4.90 Å². The predicted molar refractivity (Wildman–Crippen MR) is 76.3 cm³/mol. The second kappa shape index (κ2) is 5.97. The third-order valence-electron chi connectivity index (χ3n) is 3.59. The Labute approximate surface area is 114 Å². The van der Waals surface area contributed by atoms with Crippen molar-refractivity contribution < 1.29 is 0 Å². The van der Waals surface area contributed by atoms with Gasteiger partial charge in [-0.15, -0.1) is 11.6 Å². The molecule has 0 N–H and O–H groups in total. The summed E-state index contributed by atoms with van der Waals surface area (Å²) in [4.78, 5) is 2.47. The van der Waals surface area contributed by atoms with E-state index in [-0.39, 0.29) is 0 Å². The van der Waals surface area contributed by atoms with E-state index < -0.39 is 0 Å². The fourth-order valence-corrected chi connectivity index (χ4v) is 3.17. The second-order valence-corrected chi connectivity index (χ2v) is 5.44. The largest absolute Gasteiger partial charge is 0.369 e. The maximum Gasteiger partial charge on any atom is 0.0509 e. The van der Waals surface area contributed by atoms with Crippen LogP contribution in [0.2, 0.25) is 5.02 Å². The Kier molecular flexibility index (Phi) is 4.58. The molecule has 94 valence electrons. The second-order valence-electron chi connectivity index (χ2n) is 4.76. The maximum atomic E-state index is 6.23. The summed E-state index contributed by atoms with van der Waals surface area (Å²) in [5, 5.41) is 0.786. The van der Waals surface area contributed by atoms with Gasteiger partial charge >= 0.3 is 0 Å². The summed E-state index contributed by atoms with van der Waals surface area (Å²) in [6, 6.07) is 6.67. The molecule has 0 amide bonds. The van der Waals surface area contributed by atoms with E-state index in [1.165, 1.54) is 31.4 Å². The molecule has 1 unspecified atom stereocenters. The SMILES string of the molecule is CC1CCCCCN1c1cccc(Cl)c1CCl. The number of hydrogen-bond acceptors (Lipinski definition) is 1. The van der Waals surface area contributed by atoms with Crippen molar-refractivity contribution >= 4 is 28.9 Å². The van der Waals surface area contributed by atoms with E-state index in [1.807, 2.05) is 12.1 Å². The van der Waals surface area contributed by atoms with Crippen LogP contribution in [0.3, 0.4) is 0 Å². The van der Waals surface area contributed by atoms with Crippen molar-refractivity contribution in [1.29, 1.82) is 0 Å². The first kappa shape index (κ1) is 13.0. The third kappa shape index (κ3) is 2.89. The van der Waals surface area contributed by atoms with Gasteiger partial charge in [0.05, 0.1) is 5.88 Å². The number of rotatable bonds is 2. The Morgan fingerprint density at radius 3 is 2.88 bits per heavy atom. The van der Waals surface area contributed by atoms with Crippen molar-refractivity contribution in [3.8, 4) is 0 Å². The average molecular weight is 272 g/mol. The minimum absolute atomic E-state index is 0.484. The highest BCUT2D eigenvalue weighted by atomic mass is 35.5. The lowest BCUT2D eigenvalue weighted by molar-refractivity contribution is 0.615. The van der Waals surface area contributed by atoms with Gasteiger partial charge in [0, 0.05) is 28.9 Å². The molecule has 2 rings (SSSR count). The van der Waals surface area contributed by atoms with Gasteiger partial charge in [0.2, 0.25) is 0 Å². The lowest BCUT2D eigenvalue weighted by Gasteiger charge is -2.31. The van der Waals surface area contributed by atoms with Gasteiger partial charge in [0.25, 0.3) is 0 Å². The Morgan fingerprint density at radius 2 is 2.12 bits per heavy atom. The number of halogens is 2. The molecule has 1 nitrogen and oxygen atoms in total. The summed E-state index contributed by atoms with van der Waals surface area (Å²) < 4.78 is 0. The van der Waals surface area contributed by atoms with Gasteiger partial charge < -0.3 is 4.90 Å². The van der Waals surface area contributed by atoms with Crippen molar-refractivity contribution in [2.24, 2.45) is 0 Å². The summed E-state index contributed by atoms with van der Waals surface area (Å²) in [6.45, 7) is 3.41. The molecule has 0 saturated carbocycles. The van der Waals surface area contributed by atoms with Crippen molar-refractivity contribution in [2.75, 3.05) is 11.4 Å². The van der Waals surface area contributed by atoms with Crippen LogP contribution in [0.15, 0.2) is 18.2 Å². The Morgan fingerprint density at radius 1 is 1.29 bits per heavy atom. The Hall–Kier alpha value is -0.400. The zero-order valence-corrected chi connectivity index (χ0v) is 11.8. The standard InChI is InChI=1S/C14H19Cl2N/c1-11-6-3-2-4-9-17(11)14-8-5-7-13(16)12(14)10-15/h5,7-8,11H,2-4,6,9-10H2,1H3. The Bertz CT molecular complexity index is 378. The first-order valence-electron chi connectivity index (χ1n) is 6.34. The minimum atomic E-state index is 0.484. The number of nitrogens with zero attached hydrogens (tertiary/aromatic N) is 1. The molecule has 1 saturated heterocycles. The molecule has 0 bridgehead atoms. The topological polar surface area (TPSA) is 3.24 Å². The molecule has 0 radical (unpaired) electrons. The molecule has 0 aromatic heterocycles. The molecule has 1 aromatic carbocycles. The van der Waals surface area contributed by atoms with E-state index in [1.54, 1.807) is 0 Å². The van der Waals surface area contributed by atoms with Crippen LogP contribution in [0.4, 0.5) is 5.69 Å². The van der Waals surface area contributed by atoms with Gasteiger partial charge in [-0.25, -0.2) is 0 Å².